The standard InChI is InChI=1S/C18H24N2O/c1-4-20(18(21)16(19)12-13(2)3)17-11-7-9-14-8-5-6-10-15(14)17/h5-11,13,16H,4,12,19H2,1-3H3/t16-/m0/s1. The Morgan fingerprint density at radius 1 is 1.14 bits per heavy atom. The maximum absolute atomic E-state index is 12.7. The van der Waals surface area contributed by atoms with Crippen LogP contribution < -0.4 is 10.6 Å². The van der Waals surface area contributed by atoms with E-state index in [2.05, 4.69) is 32.0 Å². The van der Waals surface area contributed by atoms with E-state index in [1.54, 1.807) is 4.90 Å². The minimum atomic E-state index is -0.441. The Morgan fingerprint density at radius 2 is 1.81 bits per heavy atom. The van der Waals surface area contributed by atoms with Gasteiger partial charge in [0.1, 0.15) is 0 Å². The number of amides is 1. The van der Waals surface area contributed by atoms with E-state index in [4.69, 9.17) is 5.73 Å². The molecule has 2 aromatic carbocycles. The summed E-state index contributed by atoms with van der Waals surface area (Å²) in [6.07, 6.45) is 0.708. The van der Waals surface area contributed by atoms with Crippen molar-refractivity contribution in [3.05, 3.63) is 42.5 Å². The van der Waals surface area contributed by atoms with Crippen LogP contribution in [0.3, 0.4) is 0 Å². The van der Waals surface area contributed by atoms with E-state index in [1.807, 2.05) is 31.2 Å². The summed E-state index contributed by atoms with van der Waals surface area (Å²) in [5, 5.41) is 2.23. The summed E-state index contributed by atoms with van der Waals surface area (Å²) in [5.41, 5.74) is 7.03. The number of carbonyl (C=O) groups excluding carboxylic acids is 1. The second-order valence-electron chi connectivity index (χ2n) is 5.82. The topological polar surface area (TPSA) is 46.3 Å². The highest BCUT2D eigenvalue weighted by Crippen LogP contribution is 2.27. The molecule has 3 heteroatoms. The van der Waals surface area contributed by atoms with Crippen LogP contribution in [0, 0.1) is 5.92 Å². The van der Waals surface area contributed by atoms with E-state index in [0.29, 0.717) is 18.9 Å². The monoisotopic (exact) mass is 284 g/mol. The minimum absolute atomic E-state index is 0.00236. The van der Waals surface area contributed by atoms with Crippen molar-refractivity contribution < 1.29 is 4.79 Å². The Bertz CT molecular complexity index is 616. The van der Waals surface area contributed by atoms with Crippen LogP contribution in [0.1, 0.15) is 27.2 Å². The molecule has 1 amide bonds. The van der Waals surface area contributed by atoms with Crippen molar-refractivity contribution >= 4 is 22.4 Å². The van der Waals surface area contributed by atoms with E-state index in [1.165, 1.54) is 0 Å². The zero-order chi connectivity index (χ0) is 15.4. The van der Waals surface area contributed by atoms with Crippen LogP contribution in [-0.2, 0) is 4.79 Å². The summed E-state index contributed by atoms with van der Waals surface area (Å²) in [6.45, 7) is 6.78. The zero-order valence-corrected chi connectivity index (χ0v) is 13.0. The first-order chi connectivity index (χ1) is 10.0. The molecule has 112 valence electrons. The molecule has 0 aliphatic carbocycles. The molecule has 0 aliphatic heterocycles. The molecule has 2 aromatic rings. The highest BCUT2D eigenvalue weighted by Gasteiger charge is 2.23. The van der Waals surface area contributed by atoms with Crippen LogP contribution in [0.15, 0.2) is 42.5 Å². The number of anilines is 1. The van der Waals surface area contributed by atoms with Crippen molar-refractivity contribution in [2.24, 2.45) is 11.7 Å². The first-order valence-electron chi connectivity index (χ1n) is 7.59. The summed E-state index contributed by atoms with van der Waals surface area (Å²) in [5.74, 6) is 0.415. The Morgan fingerprint density at radius 3 is 2.48 bits per heavy atom. The maximum Gasteiger partial charge on any atom is 0.243 e. The van der Waals surface area contributed by atoms with Gasteiger partial charge in [-0.05, 0) is 30.7 Å². The van der Waals surface area contributed by atoms with Crippen LogP contribution >= 0.6 is 0 Å². The fourth-order valence-corrected chi connectivity index (χ4v) is 2.70. The predicted molar refractivity (Wildman–Crippen MR) is 89.4 cm³/mol. The highest BCUT2D eigenvalue weighted by atomic mass is 16.2. The van der Waals surface area contributed by atoms with E-state index < -0.39 is 6.04 Å². The number of benzene rings is 2. The van der Waals surface area contributed by atoms with Crippen LogP contribution in [-0.4, -0.2) is 18.5 Å². The Labute approximate surface area is 126 Å². The van der Waals surface area contributed by atoms with Crippen molar-refractivity contribution in [2.45, 2.75) is 33.2 Å². The largest absolute Gasteiger partial charge is 0.320 e. The molecule has 3 nitrogen and oxygen atoms in total. The molecule has 0 bridgehead atoms. The molecule has 0 heterocycles. The van der Waals surface area contributed by atoms with Crippen LogP contribution in [0.5, 0.6) is 0 Å². The molecule has 0 aliphatic rings. The van der Waals surface area contributed by atoms with Gasteiger partial charge in [0.25, 0.3) is 0 Å². The summed E-state index contributed by atoms with van der Waals surface area (Å²) in [4.78, 5) is 14.5. The second-order valence-corrected chi connectivity index (χ2v) is 5.82. The van der Waals surface area contributed by atoms with E-state index in [-0.39, 0.29) is 5.91 Å². The number of rotatable bonds is 5. The zero-order valence-electron chi connectivity index (χ0n) is 13.0. The summed E-state index contributed by atoms with van der Waals surface area (Å²) >= 11 is 0. The van der Waals surface area contributed by atoms with Crippen molar-refractivity contribution in [3.8, 4) is 0 Å². The van der Waals surface area contributed by atoms with Crippen LogP contribution in [0.4, 0.5) is 5.69 Å². The van der Waals surface area contributed by atoms with Gasteiger partial charge in [-0.3, -0.25) is 4.79 Å². The lowest BCUT2D eigenvalue weighted by Crippen LogP contribution is -2.44. The number of hydrogen-bond acceptors (Lipinski definition) is 2. The van der Waals surface area contributed by atoms with E-state index >= 15 is 0 Å². The summed E-state index contributed by atoms with van der Waals surface area (Å²) < 4.78 is 0. The van der Waals surface area contributed by atoms with Gasteiger partial charge in [0.15, 0.2) is 0 Å². The van der Waals surface area contributed by atoms with E-state index in [9.17, 15) is 4.79 Å². The number of nitrogens with two attached hydrogens (primary N) is 1. The summed E-state index contributed by atoms with van der Waals surface area (Å²) in [7, 11) is 0. The summed E-state index contributed by atoms with van der Waals surface area (Å²) in [6, 6.07) is 13.7. The minimum Gasteiger partial charge on any atom is -0.320 e. The van der Waals surface area contributed by atoms with Gasteiger partial charge in [-0.15, -0.1) is 0 Å². The van der Waals surface area contributed by atoms with Crippen molar-refractivity contribution in [3.63, 3.8) is 0 Å². The molecule has 0 fully saturated rings. The Kier molecular flexibility index (Phi) is 4.97. The molecular weight excluding hydrogens is 260 g/mol. The molecule has 1 atom stereocenters. The van der Waals surface area contributed by atoms with Gasteiger partial charge in [-0.25, -0.2) is 0 Å². The molecular formula is C18H24N2O. The third kappa shape index (κ3) is 3.42. The van der Waals surface area contributed by atoms with E-state index in [0.717, 1.165) is 16.5 Å². The lowest BCUT2D eigenvalue weighted by atomic mass is 10.0. The molecule has 2 rings (SSSR count). The molecule has 0 unspecified atom stereocenters. The van der Waals surface area contributed by atoms with Gasteiger partial charge in [0, 0.05) is 11.9 Å². The number of likely N-dealkylation sites (N-methyl/N-ethyl adjacent to an activating group) is 1. The van der Waals surface area contributed by atoms with Gasteiger partial charge in [0.2, 0.25) is 5.91 Å². The molecule has 2 N–H and O–H groups in total. The number of fused-ring (bicyclic) bond motifs is 1. The highest BCUT2D eigenvalue weighted by molar-refractivity contribution is 6.05. The molecule has 0 saturated heterocycles. The third-order valence-corrected chi connectivity index (χ3v) is 3.68. The third-order valence-electron chi connectivity index (χ3n) is 3.68. The van der Waals surface area contributed by atoms with Crippen molar-refractivity contribution in [2.75, 3.05) is 11.4 Å². The number of nitrogens with zero attached hydrogens (tertiary/aromatic N) is 1. The molecule has 0 saturated carbocycles. The number of hydrogen-bond donors (Lipinski definition) is 1. The fraction of sp³-hybridized carbons (Fsp3) is 0.389. The van der Waals surface area contributed by atoms with Crippen LogP contribution in [0.2, 0.25) is 0 Å². The van der Waals surface area contributed by atoms with Crippen LogP contribution in [0.25, 0.3) is 10.8 Å². The first kappa shape index (κ1) is 15.5. The molecule has 21 heavy (non-hydrogen) atoms. The second kappa shape index (κ2) is 6.72. The lowest BCUT2D eigenvalue weighted by molar-refractivity contribution is -0.120. The molecule has 0 radical (unpaired) electrons. The normalized spacial score (nSPS) is 12.6. The van der Waals surface area contributed by atoms with Crippen molar-refractivity contribution in [1.29, 1.82) is 0 Å². The molecule has 0 spiro atoms. The predicted octanol–water partition coefficient (Wildman–Crippen LogP) is 3.57. The average Bonchev–Trinajstić information content (AvgIpc) is 2.47. The Balaban J connectivity index is 2.38. The fourth-order valence-electron chi connectivity index (χ4n) is 2.70. The Hall–Kier alpha value is -1.87. The van der Waals surface area contributed by atoms with Gasteiger partial charge in [-0.1, -0.05) is 50.2 Å². The van der Waals surface area contributed by atoms with Crippen molar-refractivity contribution in [1.82, 2.24) is 0 Å². The SMILES string of the molecule is CCN(C(=O)[C@@H](N)CC(C)C)c1cccc2ccccc12. The smallest absolute Gasteiger partial charge is 0.243 e. The lowest BCUT2D eigenvalue weighted by Gasteiger charge is -2.26. The van der Waals surface area contributed by atoms with Gasteiger partial charge >= 0.3 is 0 Å². The van der Waals surface area contributed by atoms with Gasteiger partial charge in [0.05, 0.1) is 11.7 Å². The quantitative estimate of drug-likeness (QED) is 0.912. The average molecular weight is 284 g/mol. The maximum atomic E-state index is 12.7. The molecule has 0 aromatic heterocycles. The van der Waals surface area contributed by atoms with Gasteiger partial charge < -0.3 is 10.6 Å². The number of carbonyl (C=O) groups is 1. The first-order valence-corrected chi connectivity index (χ1v) is 7.59. The van der Waals surface area contributed by atoms with Gasteiger partial charge in [-0.2, -0.15) is 0 Å².